The van der Waals surface area contributed by atoms with E-state index >= 15 is 0 Å². The summed E-state index contributed by atoms with van der Waals surface area (Å²) >= 11 is 0. The van der Waals surface area contributed by atoms with Crippen LogP contribution in [0.25, 0.3) is 11.1 Å². The lowest BCUT2D eigenvalue weighted by Crippen LogP contribution is -2.11. The highest BCUT2D eigenvalue weighted by atomic mass is 16.3. The van der Waals surface area contributed by atoms with Crippen LogP contribution in [0.5, 0.6) is 17.2 Å². The molecule has 0 aliphatic rings. The molecule has 0 aliphatic carbocycles. The first-order valence-electron chi connectivity index (χ1n) is 14.3. The van der Waals surface area contributed by atoms with Crippen molar-refractivity contribution in [1.29, 1.82) is 0 Å². The number of benzene rings is 6. The molecule has 0 aliphatic heterocycles. The highest BCUT2D eigenvalue weighted by molar-refractivity contribution is 5.82. The fraction of sp³-hybridized carbons (Fsp3) is 0.0526. The molecule has 218 valence electrons. The summed E-state index contributed by atoms with van der Waals surface area (Å²) in [6.45, 7) is 2.06. The summed E-state index contributed by atoms with van der Waals surface area (Å²) in [5.74, 6) is 0.591. The minimum atomic E-state index is -0.0202. The van der Waals surface area contributed by atoms with Crippen LogP contribution in [-0.2, 0) is 6.61 Å². The fourth-order valence-corrected chi connectivity index (χ4v) is 5.32. The second kappa shape index (κ2) is 12.3. The summed E-state index contributed by atoms with van der Waals surface area (Å²) in [5.41, 5.74) is 9.57. The molecule has 0 bridgehead atoms. The van der Waals surface area contributed by atoms with Crippen molar-refractivity contribution in [2.75, 3.05) is 9.80 Å². The first-order valence-corrected chi connectivity index (χ1v) is 14.3. The molecule has 0 heterocycles. The molecule has 6 aromatic rings. The Morgan fingerprint density at radius 3 is 1.20 bits per heavy atom. The number of aliphatic hydroxyl groups is 1. The Morgan fingerprint density at radius 2 is 0.795 bits per heavy atom. The van der Waals surface area contributed by atoms with Crippen molar-refractivity contribution in [2.24, 2.45) is 0 Å². The van der Waals surface area contributed by atoms with Gasteiger partial charge in [-0.3, -0.25) is 0 Å². The van der Waals surface area contributed by atoms with Gasteiger partial charge in [0.1, 0.15) is 17.2 Å². The van der Waals surface area contributed by atoms with E-state index in [1.807, 2.05) is 60.7 Å². The fourth-order valence-electron chi connectivity index (χ4n) is 5.32. The minimum Gasteiger partial charge on any atom is -0.508 e. The molecule has 0 amide bonds. The van der Waals surface area contributed by atoms with E-state index in [0.717, 1.165) is 56.4 Å². The Bertz CT molecular complexity index is 1810. The molecule has 6 nitrogen and oxygen atoms in total. The van der Waals surface area contributed by atoms with Crippen LogP contribution in [-0.4, -0.2) is 20.4 Å². The highest BCUT2D eigenvalue weighted by Crippen LogP contribution is 2.40. The van der Waals surface area contributed by atoms with Gasteiger partial charge in [0, 0.05) is 34.1 Å². The quantitative estimate of drug-likeness (QED) is 0.144. The van der Waals surface area contributed by atoms with E-state index in [0.29, 0.717) is 0 Å². The number of phenolic OH excluding ortho intramolecular Hbond substituents is 3. The Balaban J connectivity index is 1.34. The smallest absolute Gasteiger partial charge is 0.115 e. The number of rotatable bonds is 8. The van der Waals surface area contributed by atoms with E-state index in [1.54, 1.807) is 36.4 Å². The SMILES string of the molecule is Cc1cc(-c2ccc(N(c3ccc(O)cc3)c3ccc(O)cc3)cc2)ccc1N(c1ccc(O)cc1)c1ccc(CO)cc1. The van der Waals surface area contributed by atoms with Gasteiger partial charge in [0.2, 0.25) is 0 Å². The molecule has 44 heavy (non-hydrogen) atoms. The van der Waals surface area contributed by atoms with Crippen LogP contribution in [0, 0.1) is 6.92 Å². The van der Waals surface area contributed by atoms with Crippen LogP contribution >= 0.6 is 0 Å². The number of aromatic hydroxyl groups is 3. The van der Waals surface area contributed by atoms with Crippen LogP contribution in [0.2, 0.25) is 0 Å². The Labute approximate surface area is 256 Å². The van der Waals surface area contributed by atoms with Gasteiger partial charge in [0.15, 0.2) is 0 Å². The molecule has 4 N–H and O–H groups in total. The van der Waals surface area contributed by atoms with Gasteiger partial charge in [-0.25, -0.2) is 0 Å². The van der Waals surface area contributed by atoms with E-state index in [4.69, 9.17) is 0 Å². The van der Waals surface area contributed by atoms with Crippen LogP contribution in [0.15, 0.2) is 140 Å². The number of anilines is 6. The first-order chi connectivity index (χ1) is 21.4. The van der Waals surface area contributed by atoms with E-state index in [9.17, 15) is 20.4 Å². The monoisotopic (exact) mass is 580 g/mol. The third kappa shape index (κ3) is 5.93. The molecule has 0 saturated heterocycles. The molecule has 0 unspecified atom stereocenters. The lowest BCUT2D eigenvalue weighted by molar-refractivity contribution is 0.282. The number of phenols is 3. The van der Waals surface area contributed by atoms with Gasteiger partial charge >= 0.3 is 0 Å². The van der Waals surface area contributed by atoms with Crippen LogP contribution in [0.1, 0.15) is 11.1 Å². The number of hydrogen-bond donors (Lipinski definition) is 4. The van der Waals surface area contributed by atoms with Gasteiger partial charge < -0.3 is 30.2 Å². The van der Waals surface area contributed by atoms with E-state index in [2.05, 4.69) is 59.2 Å². The number of hydrogen-bond acceptors (Lipinski definition) is 6. The second-order valence-corrected chi connectivity index (χ2v) is 10.6. The van der Waals surface area contributed by atoms with Crippen molar-refractivity contribution in [3.8, 4) is 28.4 Å². The summed E-state index contributed by atoms with van der Waals surface area (Å²) in [5, 5.41) is 39.1. The highest BCUT2D eigenvalue weighted by Gasteiger charge is 2.17. The predicted octanol–water partition coefficient (Wildman–Crippen LogP) is 9.21. The molecule has 0 fully saturated rings. The second-order valence-electron chi connectivity index (χ2n) is 10.6. The standard InChI is InChI=1S/C38H32N2O4/c1-26-24-29(6-23-38(26)40(34-15-21-37(44)22-16-34)33-7-2-27(25-41)3-8-33)28-4-9-30(10-5-28)39(31-11-17-35(42)18-12-31)32-13-19-36(43)20-14-32/h2-24,41-44H,25H2,1H3. The zero-order valence-corrected chi connectivity index (χ0v) is 24.2. The number of nitrogens with zero attached hydrogens (tertiary/aromatic N) is 2. The van der Waals surface area contributed by atoms with Gasteiger partial charge in [-0.1, -0.05) is 30.3 Å². The molecule has 0 radical (unpaired) electrons. The molecular formula is C38H32N2O4. The summed E-state index contributed by atoms with van der Waals surface area (Å²) in [6, 6.07) is 43.6. The van der Waals surface area contributed by atoms with Gasteiger partial charge in [-0.05, 0) is 138 Å². The van der Waals surface area contributed by atoms with Crippen LogP contribution < -0.4 is 9.80 Å². The third-order valence-corrected chi connectivity index (χ3v) is 7.60. The van der Waals surface area contributed by atoms with Crippen molar-refractivity contribution in [1.82, 2.24) is 0 Å². The van der Waals surface area contributed by atoms with Gasteiger partial charge in [0.25, 0.3) is 0 Å². The number of aryl methyl sites for hydroxylation is 1. The normalized spacial score (nSPS) is 10.9. The van der Waals surface area contributed by atoms with Crippen molar-refractivity contribution in [3.63, 3.8) is 0 Å². The molecule has 6 rings (SSSR count). The molecule has 0 atom stereocenters. The molecular weight excluding hydrogens is 548 g/mol. The zero-order chi connectivity index (χ0) is 30.6. The molecule has 0 aromatic heterocycles. The summed E-state index contributed by atoms with van der Waals surface area (Å²) in [6.07, 6.45) is 0. The minimum absolute atomic E-state index is 0.0202. The lowest BCUT2D eigenvalue weighted by atomic mass is 10.0. The molecule has 0 saturated carbocycles. The topological polar surface area (TPSA) is 87.4 Å². The van der Waals surface area contributed by atoms with Gasteiger partial charge in [0.05, 0.1) is 6.61 Å². The maximum absolute atomic E-state index is 9.90. The maximum Gasteiger partial charge on any atom is 0.115 e. The van der Waals surface area contributed by atoms with Crippen molar-refractivity contribution < 1.29 is 20.4 Å². The zero-order valence-electron chi connectivity index (χ0n) is 24.2. The summed E-state index contributed by atoms with van der Waals surface area (Å²) in [4.78, 5) is 4.20. The maximum atomic E-state index is 9.90. The van der Waals surface area contributed by atoms with Crippen LogP contribution in [0.4, 0.5) is 34.1 Å². The summed E-state index contributed by atoms with van der Waals surface area (Å²) < 4.78 is 0. The largest absolute Gasteiger partial charge is 0.508 e. The third-order valence-electron chi connectivity index (χ3n) is 7.60. The molecule has 0 spiro atoms. The van der Waals surface area contributed by atoms with Gasteiger partial charge in [-0.15, -0.1) is 0 Å². The lowest BCUT2D eigenvalue weighted by Gasteiger charge is -2.28. The molecule has 6 aromatic carbocycles. The van der Waals surface area contributed by atoms with Crippen molar-refractivity contribution in [3.05, 3.63) is 151 Å². The number of aliphatic hydroxyl groups excluding tert-OH is 1. The molecule has 6 heteroatoms. The van der Waals surface area contributed by atoms with E-state index < -0.39 is 0 Å². The van der Waals surface area contributed by atoms with Crippen molar-refractivity contribution >= 4 is 34.1 Å². The Hall–Kier alpha value is -5.72. The predicted molar refractivity (Wildman–Crippen MR) is 177 cm³/mol. The first kappa shape index (κ1) is 28.4. The van der Waals surface area contributed by atoms with E-state index in [1.165, 1.54) is 0 Å². The Kier molecular flexibility index (Phi) is 7.91. The van der Waals surface area contributed by atoms with E-state index in [-0.39, 0.29) is 23.9 Å². The van der Waals surface area contributed by atoms with Crippen molar-refractivity contribution in [2.45, 2.75) is 13.5 Å². The summed E-state index contributed by atoms with van der Waals surface area (Å²) in [7, 11) is 0. The Morgan fingerprint density at radius 1 is 0.432 bits per heavy atom. The van der Waals surface area contributed by atoms with Gasteiger partial charge in [-0.2, -0.15) is 0 Å². The average molecular weight is 581 g/mol. The van der Waals surface area contributed by atoms with Crippen LogP contribution in [0.3, 0.4) is 0 Å². The average Bonchev–Trinajstić information content (AvgIpc) is 3.05.